The molecule has 0 aromatic carbocycles. The Balaban J connectivity index is 3.78. The second-order valence-corrected chi connectivity index (χ2v) is 3.63. The van der Waals surface area contributed by atoms with Crippen LogP contribution in [-0.2, 0) is 14.4 Å². The van der Waals surface area contributed by atoms with Gasteiger partial charge >= 0.3 is 5.97 Å². The molecule has 16 heavy (non-hydrogen) atoms. The van der Waals surface area contributed by atoms with Gasteiger partial charge in [0, 0.05) is 12.8 Å². The standard InChI is InChI=1S/C11H18NO4/c1-2-3-4-5-10(14)12-9(8-13)6-7-11(15)16/h9H,2-7H2,1H3,(H,12,14)(H,15,16)/t9-/m1/s1. The summed E-state index contributed by atoms with van der Waals surface area (Å²) in [6.45, 7) is 2.03. The van der Waals surface area contributed by atoms with Crippen molar-refractivity contribution in [1.29, 1.82) is 0 Å². The molecule has 5 nitrogen and oxygen atoms in total. The third-order valence-corrected chi connectivity index (χ3v) is 2.13. The highest BCUT2D eigenvalue weighted by atomic mass is 16.4. The van der Waals surface area contributed by atoms with Crippen LogP contribution in [0.1, 0.15) is 45.4 Å². The predicted molar refractivity (Wildman–Crippen MR) is 58.6 cm³/mol. The molecule has 0 saturated carbocycles. The Morgan fingerprint density at radius 1 is 1.31 bits per heavy atom. The first-order chi connectivity index (χ1) is 7.60. The Hall–Kier alpha value is -1.39. The van der Waals surface area contributed by atoms with Gasteiger partial charge in [0.05, 0.1) is 6.04 Å². The van der Waals surface area contributed by atoms with Crippen molar-refractivity contribution in [1.82, 2.24) is 5.32 Å². The van der Waals surface area contributed by atoms with E-state index in [9.17, 15) is 14.4 Å². The van der Waals surface area contributed by atoms with Crippen molar-refractivity contribution in [2.75, 3.05) is 0 Å². The number of carboxylic acids is 1. The van der Waals surface area contributed by atoms with E-state index < -0.39 is 12.0 Å². The molecule has 0 aromatic heterocycles. The van der Waals surface area contributed by atoms with Crippen LogP contribution in [0.5, 0.6) is 0 Å². The van der Waals surface area contributed by atoms with Gasteiger partial charge < -0.3 is 10.4 Å². The van der Waals surface area contributed by atoms with E-state index in [0.717, 1.165) is 19.3 Å². The first kappa shape index (κ1) is 14.6. The molecular formula is C11H18NO4. The molecule has 5 heteroatoms. The van der Waals surface area contributed by atoms with Gasteiger partial charge in [0.1, 0.15) is 0 Å². The third-order valence-electron chi connectivity index (χ3n) is 2.13. The molecule has 91 valence electrons. The second kappa shape index (κ2) is 8.88. The summed E-state index contributed by atoms with van der Waals surface area (Å²) >= 11 is 0. The molecule has 1 amide bonds. The van der Waals surface area contributed by atoms with Crippen LogP contribution in [-0.4, -0.2) is 29.3 Å². The van der Waals surface area contributed by atoms with E-state index >= 15 is 0 Å². The average molecular weight is 228 g/mol. The van der Waals surface area contributed by atoms with E-state index in [-0.39, 0.29) is 18.7 Å². The Bertz CT molecular complexity index is 240. The Labute approximate surface area is 95.2 Å². The zero-order chi connectivity index (χ0) is 12.4. The molecule has 0 saturated heterocycles. The van der Waals surface area contributed by atoms with E-state index in [1.807, 2.05) is 6.92 Å². The van der Waals surface area contributed by atoms with E-state index in [2.05, 4.69) is 5.32 Å². The van der Waals surface area contributed by atoms with Crippen LogP contribution in [0.25, 0.3) is 0 Å². The average Bonchev–Trinajstić information content (AvgIpc) is 2.24. The summed E-state index contributed by atoms with van der Waals surface area (Å²) in [5, 5.41) is 10.9. The van der Waals surface area contributed by atoms with E-state index in [1.165, 1.54) is 0 Å². The van der Waals surface area contributed by atoms with Crippen molar-refractivity contribution < 1.29 is 19.5 Å². The number of hydrogen-bond acceptors (Lipinski definition) is 3. The fourth-order valence-electron chi connectivity index (χ4n) is 1.23. The van der Waals surface area contributed by atoms with E-state index in [1.54, 1.807) is 6.29 Å². The molecule has 0 unspecified atom stereocenters. The Morgan fingerprint density at radius 3 is 2.50 bits per heavy atom. The van der Waals surface area contributed by atoms with Gasteiger partial charge in [-0.05, 0) is 12.8 Å². The monoisotopic (exact) mass is 228 g/mol. The van der Waals surface area contributed by atoms with Gasteiger partial charge in [0.15, 0.2) is 0 Å². The quantitative estimate of drug-likeness (QED) is 0.577. The number of hydrogen-bond donors (Lipinski definition) is 2. The molecule has 0 aliphatic heterocycles. The van der Waals surface area contributed by atoms with Gasteiger partial charge in [0.2, 0.25) is 12.2 Å². The van der Waals surface area contributed by atoms with Crippen molar-refractivity contribution in [3.8, 4) is 0 Å². The summed E-state index contributed by atoms with van der Waals surface area (Å²) in [7, 11) is 0. The smallest absolute Gasteiger partial charge is 0.303 e. The van der Waals surface area contributed by atoms with Crippen LogP contribution < -0.4 is 5.32 Å². The molecule has 1 radical (unpaired) electrons. The van der Waals surface area contributed by atoms with Crippen LogP contribution in [0, 0.1) is 0 Å². The Kier molecular flexibility index (Phi) is 8.11. The van der Waals surface area contributed by atoms with Gasteiger partial charge in [-0.25, -0.2) is 0 Å². The molecule has 0 fully saturated rings. The number of carbonyl (C=O) groups is 2. The number of amides is 1. The van der Waals surface area contributed by atoms with Gasteiger partial charge in [0.25, 0.3) is 0 Å². The zero-order valence-corrected chi connectivity index (χ0v) is 9.49. The van der Waals surface area contributed by atoms with Gasteiger partial charge in [-0.15, -0.1) is 0 Å². The molecule has 0 aliphatic carbocycles. The lowest BCUT2D eigenvalue weighted by Crippen LogP contribution is -2.36. The largest absolute Gasteiger partial charge is 0.481 e. The number of rotatable bonds is 9. The van der Waals surface area contributed by atoms with Crippen molar-refractivity contribution in [2.24, 2.45) is 0 Å². The number of unbranched alkanes of at least 4 members (excludes halogenated alkanes) is 2. The normalized spacial score (nSPS) is 11.8. The number of aliphatic carboxylic acids is 1. The lowest BCUT2D eigenvalue weighted by Gasteiger charge is -2.10. The summed E-state index contributed by atoms with van der Waals surface area (Å²) in [5.41, 5.74) is 0. The number of nitrogens with one attached hydrogen (secondary N) is 1. The molecule has 0 rings (SSSR count). The highest BCUT2D eigenvalue weighted by Gasteiger charge is 2.13. The fourth-order valence-corrected chi connectivity index (χ4v) is 1.23. The van der Waals surface area contributed by atoms with Gasteiger partial charge in [-0.3, -0.25) is 14.4 Å². The molecule has 0 bridgehead atoms. The van der Waals surface area contributed by atoms with Crippen LogP contribution in [0.2, 0.25) is 0 Å². The minimum absolute atomic E-state index is 0.0956. The first-order valence-electron chi connectivity index (χ1n) is 5.49. The molecule has 2 N–H and O–H groups in total. The SMILES string of the molecule is CCCCCC(=O)N[C@@H]([C]=O)CCC(=O)O. The molecular weight excluding hydrogens is 210 g/mol. The summed E-state index contributed by atoms with van der Waals surface area (Å²) in [6.07, 6.45) is 4.74. The number of carbonyl (C=O) groups excluding carboxylic acids is 2. The Morgan fingerprint density at radius 2 is 2.00 bits per heavy atom. The lowest BCUT2D eigenvalue weighted by molar-refractivity contribution is -0.137. The molecule has 0 aromatic rings. The summed E-state index contributed by atoms with van der Waals surface area (Å²) in [6, 6.07) is -0.801. The maximum atomic E-state index is 11.3. The van der Waals surface area contributed by atoms with Gasteiger partial charge in [-0.1, -0.05) is 19.8 Å². The summed E-state index contributed by atoms with van der Waals surface area (Å²) < 4.78 is 0. The minimum Gasteiger partial charge on any atom is -0.481 e. The minimum atomic E-state index is -0.986. The van der Waals surface area contributed by atoms with E-state index in [0.29, 0.717) is 6.42 Å². The topological polar surface area (TPSA) is 83.5 Å². The number of carboxylic acid groups (broad SMARTS) is 1. The predicted octanol–water partition coefficient (Wildman–Crippen LogP) is 1.03. The summed E-state index contributed by atoms with van der Waals surface area (Å²) in [5.74, 6) is -1.20. The van der Waals surface area contributed by atoms with Crippen molar-refractivity contribution in [2.45, 2.75) is 51.5 Å². The van der Waals surface area contributed by atoms with Crippen LogP contribution >= 0.6 is 0 Å². The third kappa shape index (κ3) is 7.96. The van der Waals surface area contributed by atoms with Crippen molar-refractivity contribution in [3.63, 3.8) is 0 Å². The molecule has 0 aliphatic rings. The maximum Gasteiger partial charge on any atom is 0.303 e. The molecule has 0 spiro atoms. The van der Waals surface area contributed by atoms with Crippen LogP contribution in [0.15, 0.2) is 0 Å². The van der Waals surface area contributed by atoms with Gasteiger partial charge in [-0.2, -0.15) is 0 Å². The highest BCUT2D eigenvalue weighted by molar-refractivity contribution is 5.80. The van der Waals surface area contributed by atoms with Crippen molar-refractivity contribution >= 4 is 18.2 Å². The molecule has 1 atom stereocenters. The summed E-state index contributed by atoms with van der Waals surface area (Å²) in [4.78, 5) is 32.0. The fraction of sp³-hybridized carbons (Fsp3) is 0.727. The first-order valence-corrected chi connectivity index (χ1v) is 5.49. The van der Waals surface area contributed by atoms with Crippen LogP contribution in [0.4, 0.5) is 0 Å². The van der Waals surface area contributed by atoms with E-state index in [4.69, 9.17) is 5.11 Å². The molecule has 0 heterocycles. The van der Waals surface area contributed by atoms with Crippen LogP contribution in [0.3, 0.4) is 0 Å². The second-order valence-electron chi connectivity index (χ2n) is 3.63. The zero-order valence-electron chi connectivity index (χ0n) is 9.49. The maximum absolute atomic E-state index is 11.3. The highest BCUT2D eigenvalue weighted by Crippen LogP contribution is 2.00. The lowest BCUT2D eigenvalue weighted by atomic mass is 10.1. The van der Waals surface area contributed by atoms with Crippen molar-refractivity contribution in [3.05, 3.63) is 0 Å².